The van der Waals surface area contributed by atoms with Gasteiger partial charge in [0.05, 0.1) is 0 Å². The van der Waals surface area contributed by atoms with E-state index in [2.05, 4.69) is 40.7 Å². The minimum Gasteiger partial charge on any atom is -0.481 e. The van der Waals surface area contributed by atoms with E-state index in [1.54, 1.807) is 0 Å². The largest absolute Gasteiger partial charge is 0.481 e. The molecule has 0 unspecified atom stereocenters. The molecule has 1 rings (SSSR count). The molecule has 0 aromatic heterocycles. The maximum Gasteiger partial charge on any atom is 0.303 e. The van der Waals surface area contributed by atoms with E-state index in [1.807, 2.05) is 6.08 Å². The monoisotopic (exact) mass is 246 g/mol. The van der Waals surface area contributed by atoms with Crippen LogP contribution in [0.1, 0.15) is 47.6 Å². The summed E-state index contributed by atoms with van der Waals surface area (Å²) in [7, 11) is 0. The van der Waals surface area contributed by atoms with Crippen molar-refractivity contribution in [2.45, 2.75) is 47.5 Å². The average Bonchev–Trinajstić information content (AvgIpc) is 2.26. The van der Waals surface area contributed by atoms with Crippen LogP contribution < -0.4 is 0 Å². The summed E-state index contributed by atoms with van der Waals surface area (Å²) in [6.07, 6.45) is 2.82. The highest BCUT2D eigenvalue weighted by Gasteiger charge is 2.09. The summed E-state index contributed by atoms with van der Waals surface area (Å²) in [5.41, 5.74) is 7.62. The summed E-state index contributed by atoms with van der Waals surface area (Å²) in [6, 6.07) is 2.21. The van der Waals surface area contributed by atoms with Crippen LogP contribution in [0.25, 0.3) is 5.57 Å². The zero-order valence-corrected chi connectivity index (χ0v) is 11.9. The summed E-state index contributed by atoms with van der Waals surface area (Å²) in [5, 5.41) is 8.67. The van der Waals surface area contributed by atoms with Gasteiger partial charge in [0, 0.05) is 6.42 Å². The predicted octanol–water partition coefficient (Wildman–Crippen LogP) is 4.19. The summed E-state index contributed by atoms with van der Waals surface area (Å²) in [6.45, 7) is 10.6. The van der Waals surface area contributed by atoms with Crippen molar-refractivity contribution in [3.05, 3.63) is 40.0 Å². The standard InChI is InChI=1S/C16H22O2/c1-10(7-6-8-15(17)18)16-13(4)11(2)9-12(3)14(16)5/h7,9H,6,8H2,1-5H3,(H,17,18)/b10-7+. The lowest BCUT2D eigenvalue weighted by atomic mass is 9.89. The third-order valence-electron chi connectivity index (χ3n) is 3.57. The summed E-state index contributed by atoms with van der Waals surface area (Å²) in [5.74, 6) is -0.743. The van der Waals surface area contributed by atoms with Crippen molar-refractivity contribution in [2.75, 3.05) is 0 Å². The Morgan fingerprint density at radius 3 is 2.11 bits per heavy atom. The first kappa shape index (κ1) is 14.5. The van der Waals surface area contributed by atoms with Crippen molar-refractivity contribution in [1.29, 1.82) is 0 Å². The lowest BCUT2D eigenvalue weighted by Crippen LogP contribution is -1.98. The molecular weight excluding hydrogens is 224 g/mol. The second-order valence-electron chi connectivity index (χ2n) is 4.95. The molecule has 0 aliphatic heterocycles. The van der Waals surface area contributed by atoms with E-state index >= 15 is 0 Å². The van der Waals surface area contributed by atoms with Crippen LogP contribution in [-0.4, -0.2) is 11.1 Å². The second kappa shape index (κ2) is 5.85. The van der Waals surface area contributed by atoms with Crippen molar-refractivity contribution in [1.82, 2.24) is 0 Å². The summed E-state index contributed by atoms with van der Waals surface area (Å²) in [4.78, 5) is 10.5. The normalized spacial score (nSPS) is 11.7. The highest BCUT2D eigenvalue weighted by atomic mass is 16.4. The van der Waals surface area contributed by atoms with Gasteiger partial charge < -0.3 is 5.11 Å². The quantitative estimate of drug-likeness (QED) is 0.865. The number of aliphatic carboxylic acids is 1. The van der Waals surface area contributed by atoms with Crippen LogP contribution >= 0.6 is 0 Å². The maximum atomic E-state index is 10.5. The van der Waals surface area contributed by atoms with Gasteiger partial charge in [0.2, 0.25) is 0 Å². The SMILES string of the molecule is C/C(=C\CCC(=O)O)c1c(C)c(C)cc(C)c1C. The molecule has 98 valence electrons. The number of rotatable bonds is 4. The Balaban J connectivity index is 3.12. The molecule has 0 heterocycles. The first-order valence-corrected chi connectivity index (χ1v) is 6.31. The second-order valence-corrected chi connectivity index (χ2v) is 4.95. The summed E-state index contributed by atoms with van der Waals surface area (Å²) < 4.78 is 0. The van der Waals surface area contributed by atoms with Crippen LogP contribution in [-0.2, 0) is 4.79 Å². The third kappa shape index (κ3) is 3.22. The van der Waals surface area contributed by atoms with Gasteiger partial charge in [-0.25, -0.2) is 0 Å². The van der Waals surface area contributed by atoms with Crippen LogP contribution in [0.3, 0.4) is 0 Å². The van der Waals surface area contributed by atoms with E-state index in [9.17, 15) is 4.79 Å². The molecule has 1 aromatic rings. The van der Waals surface area contributed by atoms with Gasteiger partial charge in [-0.2, -0.15) is 0 Å². The number of hydrogen-bond donors (Lipinski definition) is 1. The van der Waals surface area contributed by atoms with Crippen molar-refractivity contribution in [3.63, 3.8) is 0 Å². The Morgan fingerprint density at radius 2 is 1.67 bits per heavy atom. The number of carboxylic acids is 1. The zero-order valence-electron chi connectivity index (χ0n) is 11.9. The molecule has 0 saturated carbocycles. The van der Waals surface area contributed by atoms with E-state index in [-0.39, 0.29) is 6.42 Å². The molecule has 0 radical (unpaired) electrons. The molecule has 0 bridgehead atoms. The molecule has 0 aliphatic rings. The van der Waals surface area contributed by atoms with E-state index in [0.717, 1.165) is 0 Å². The van der Waals surface area contributed by atoms with E-state index in [1.165, 1.54) is 33.4 Å². The van der Waals surface area contributed by atoms with Crippen molar-refractivity contribution >= 4 is 11.5 Å². The molecule has 0 aliphatic carbocycles. The minimum atomic E-state index is -0.743. The van der Waals surface area contributed by atoms with Gasteiger partial charge >= 0.3 is 5.97 Å². The van der Waals surface area contributed by atoms with Gasteiger partial charge in [0.1, 0.15) is 0 Å². The van der Waals surface area contributed by atoms with Crippen LogP contribution in [0, 0.1) is 27.7 Å². The molecule has 1 aromatic carbocycles. The lowest BCUT2D eigenvalue weighted by Gasteiger charge is -2.16. The Morgan fingerprint density at radius 1 is 1.17 bits per heavy atom. The van der Waals surface area contributed by atoms with Crippen molar-refractivity contribution in [3.8, 4) is 0 Å². The number of hydrogen-bond acceptors (Lipinski definition) is 1. The number of allylic oxidation sites excluding steroid dienone is 2. The molecule has 1 N–H and O–H groups in total. The van der Waals surface area contributed by atoms with Gasteiger partial charge in [0.25, 0.3) is 0 Å². The lowest BCUT2D eigenvalue weighted by molar-refractivity contribution is -0.136. The first-order valence-electron chi connectivity index (χ1n) is 6.31. The molecule has 0 saturated heterocycles. The topological polar surface area (TPSA) is 37.3 Å². The number of carbonyl (C=O) groups is 1. The number of aryl methyl sites for hydroxylation is 2. The minimum absolute atomic E-state index is 0.195. The highest BCUT2D eigenvalue weighted by Crippen LogP contribution is 2.28. The summed E-state index contributed by atoms with van der Waals surface area (Å²) >= 11 is 0. The van der Waals surface area contributed by atoms with E-state index in [0.29, 0.717) is 6.42 Å². The maximum absolute atomic E-state index is 10.5. The van der Waals surface area contributed by atoms with Gasteiger partial charge in [-0.05, 0) is 74.4 Å². The van der Waals surface area contributed by atoms with Crippen molar-refractivity contribution in [2.24, 2.45) is 0 Å². The Bertz CT molecular complexity index is 470. The average molecular weight is 246 g/mol. The van der Waals surface area contributed by atoms with Crippen LogP contribution in [0.2, 0.25) is 0 Å². The fraction of sp³-hybridized carbons (Fsp3) is 0.438. The smallest absolute Gasteiger partial charge is 0.303 e. The molecule has 2 nitrogen and oxygen atoms in total. The molecule has 0 amide bonds. The van der Waals surface area contributed by atoms with Crippen molar-refractivity contribution < 1.29 is 9.90 Å². The van der Waals surface area contributed by atoms with Gasteiger partial charge in [-0.1, -0.05) is 12.1 Å². The molecule has 0 fully saturated rings. The molecular formula is C16H22O2. The van der Waals surface area contributed by atoms with Gasteiger partial charge in [0.15, 0.2) is 0 Å². The molecule has 2 heteroatoms. The fourth-order valence-corrected chi connectivity index (χ4v) is 2.32. The molecule has 18 heavy (non-hydrogen) atoms. The Hall–Kier alpha value is -1.57. The zero-order chi connectivity index (χ0) is 13.9. The van der Waals surface area contributed by atoms with Gasteiger partial charge in [-0.15, -0.1) is 0 Å². The molecule has 0 spiro atoms. The Labute approximate surface area is 109 Å². The highest BCUT2D eigenvalue weighted by molar-refractivity contribution is 5.72. The van der Waals surface area contributed by atoms with Crippen LogP contribution in [0.15, 0.2) is 12.1 Å². The fourth-order valence-electron chi connectivity index (χ4n) is 2.32. The number of benzene rings is 1. The van der Waals surface area contributed by atoms with Crippen LogP contribution in [0.4, 0.5) is 0 Å². The van der Waals surface area contributed by atoms with E-state index in [4.69, 9.17) is 5.11 Å². The predicted molar refractivity (Wildman–Crippen MR) is 75.9 cm³/mol. The Kier molecular flexibility index (Phi) is 4.71. The van der Waals surface area contributed by atoms with Gasteiger partial charge in [-0.3, -0.25) is 4.79 Å². The third-order valence-corrected chi connectivity index (χ3v) is 3.57. The first-order chi connectivity index (χ1) is 8.34. The number of carboxylic acid groups (broad SMARTS) is 1. The van der Waals surface area contributed by atoms with Crippen LogP contribution in [0.5, 0.6) is 0 Å². The van der Waals surface area contributed by atoms with E-state index < -0.39 is 5.97 Å². The molecule has 0 atom stereocenters.